The zero-order valence-corrected chi connectivity index (χ0v) is 30.1. The van der Waals surface area contributed by atoms with Crippen LogP contribution < -0.4 is 3.11 Å². The maximum atomic E-state index is 10.2. The Kier molecular flexibility index (Phi) is 10.9. The molecule has 3 aromatic carbocycles. The molecule has 0 spiro atoms. The number of fused-ring (bicyclic) bond motifs is 5. The molecule has 4 heteroatoms. The molecule has 44 heavy (non-hydrogen) atoms. The van der Waals surface area contributed by atoms with Gasteiger partial charge in [0.1, 0.15) is 0 Å². The number of unbranched alkanes of at least 4 members (excludes halogenated alkanes) is 3. The van der Waals surface area contributed by atoms with Crippen LogP contribution in [0.25, 0.3) is 16.7 Å². The molecule has 5 rings (SSSR count). The van der Waals surface area contributed by atoms with Gasteiger partial charge in [0.25, 0.3) is 0 Å². The van der Waals surface area contributed by atoms with Crippen LogP contribution in [0.2, 0.25) is 0 Å². The van der Waals surface area contributed by atoms with E-state index in [1.54, 1.807) is 6.92 Å². The van der Waals surface area contributed by atoms with Crippen LogP contribution in [-0.4, -0.2) is 11.2 Å². The molecule has 0 aliphatic carbocycles. The van der Waals surface area contributed by atoms with Crippen molar-refractivity contribution in [1.29, 1.82) is 0 Å². The van der Waals surface area contributed by atoms with Crippen LogP contribution in [-0.2, 0) is 15.9 Å². The number of halogens is 1. The summed E-state index contributed by atoms with van der Waals surface area (Å²) in [4.78, 5) is 0. The molecule has 0 saturated carbocycles. The molecule has 236 valence electrons. The molecule has 0 radical (unpaired) electrons. The summed E-state index contributed by atoms with van der Waals surface area (Å²) in [5.74, 6) is 1.40. The third-order valence-corrected chi connectivity index (χ3v) is 14.0. The third-order valence-electron chi connectivity index (χ3n) is 8.61. The Hall–Kier alpha value is -2.57. The van der Waals surface area contributed by atoms with Gasteiger partial charge in [-0.05, 0) is 0 Å². The van der Waals surface area contributed by atoms with Crippen molar-refractivity contribution < 1.29 is 8.17 Å². The van der Waals surface area contributed by atoms with Gasteiger partial charge in [0.05, 0.1) is 0 Å². The number of hydrogen-bond donors (Lipinski definition) is 1. The van der Waals surface area contributed by atoms with Gasteiger partial charge in [-0.1, -0.05) is 0 Å². The average Bonchev–Trinajstić information content (AvgIpc) is 3.28. The maximum absolute atomic E-state index is 10.2. The minimum atomic E-state index is -2.40. The summed E-state index contributed by atoms with van der Waals surface area (Å²) in [5, 5.41) is 10.2. The van der Waals surface area contributed by atoms with Gasteiger partial charge in [0, 0.05) is 0 Å². The summed E-state index contributed by atoms with van der Waals surface area (Å²) in [6.45, 7) is 15.2. The third kappa shape index (κ3) is 7.28. The number of allylic oxidation sites excluding steroid dienone is 2. The quantitative estimate of drug-likeness (QED) is 0.0832. The van der Waals surface area contributed by atoms with Gasteiger partial charge in [-0.15, -0.1) is 0 Å². The Morgan fingerprint density at radius 3 is 2.34 bits per heavy atom. The second kappa shape index (κ2) is 14.7. The standard InChI is InChI=1S/C40H52INO2/c1-8-10-12-13-31-23-34(14-11-9-2)40-37(24-31)39-26-35(21-27(3)4)36-25-33(32-17-15-28(5)16-18-32)19-20-38(36)42(39)41(40)44-30(7)22-29(6)43/h15-20,22-27,29,39,43H,8-14,21H2,1-7H3/b30-22-. The molecule has 1 N–H and O–H groups in total. The van der Waals surface area contributed by atoms with Crippen molar-refractivity contribution in [2.24, 2.45) is 5.92 Å². The number of aliphatic hydroxyl groups excluding tert-OH is 1. The van der Waals surface area contributed by atoms with Crippen LogP contribution in [0, 0.1) is 16.4 Å². The molecular formula is C40H52INO2. The predicted molar refractivity (Wildman–Crippen MR) is 197 cm³/mol. The van der Waals surface area contributed by atoms with Crippen molar-refractivity contribution in [3.8, 4) is 11.1 Å². The SMILES string of the molecule is CCCCCc1cc(CCCC)c2c(c1)C1C=C(CC(C)C)c3cc(-c4ccc(C)cc4)ccc3N1I2O/C(C)=C\C(C)O. The summed E-state index contributed by atoms with van der Waals surface area (Å²) < 4.78 is 11.2. The molecule has 2 heterocycles. The molecule has 2 aliphatic rings. The number of nitrogens with zero attached hydrogens (tertiary/aromatic N) is 1. The van der Waals surface area contributed by atoms with Crippen molar-refractivity contribution in [1.82, 2.24) is 0 Å². The number of benzene rings is 3. The summed E-state index contributed by atoms with van der Waals surface area (Å²) >= 11 is -2.40. The van der Waals surface area contributed by atoms with E-state index in [1.807, 2.05) is 13.0 Å². The van der Waals surface area contributed by atoms with Gasteiger partial charge in [-0.25, -0.2) is 0 Å². The predicted octanol–water partition coefficient (Wildman–Crippen LogP) is 11.5. The van der Waals surface area contributed by atoms with E-state index >= 15 is 0 Å². The van der Waals surface area contributed by atoms with E-state index in [4.69, 9.17) is 3.07 Å². The van der Waals surface area contributed by atoms with Crippen LogP contribution >= 0.6 is 20.5 Å². The summed E-state index contributed by atoms with van der Waals surface area (Å²) in [6.07, 6.45) is 13.3. The van der Waals surface area contributed by atoms with Gasteiger partial charge in [-0.3, -0.25) is 0 Å². The van der Waals surface area contributed by atoms with Gasteiger partial charge >= 0.3 is 276 Å². The van der Waals surface area contributed by atoms with E-state index in [0.29, 0.717) is 5.92 Å². The first kappa shape index (κ1) is 32.8. The summed E-state index contributed by atoms with van der Waals surface area (Å²) in [6, 6.07) is 21.2. The van der Waals surface area contributed by atoms with Crippen LogP contribution in [0.5, 0.6) is 0 Å². The van der Waals surface area contributed by atoms with Crippen LogP contribution in [0.4, 0.5) is 5.69 Å². The Balaban J connectivity index is 1.69. The van der Waals surface area contributed by atoms with Crippen molar-refractivity contribution >= 4 is 31.8 Å². The second-order valence-electron chi connectivity index (χ2n) is 13.2. The van der Waals surface area contributed by atoms with Crippen molar-refractivity contribution in [3.63, 3.8) is 0 Å². The van der Waals surface area contributed by atoms with Gasteiger partial charge in [-0.2, -0.15) is 0 Å². The zero-order valence-electron chi connectivity index (χ0n) is 27.9. The zero-order chi connectivity index (χ0) is 31.4. The molecule has 2 unspecified atom stereocenters. The molecule has 2 atom stereocenters. The van der Waals surface area contributed by atoms with E-state index < -0.39 is 26.6 Å². The molecule has 0 bridgehead atoms. The Morgan fingerprint density at radius 1 is 0.932 bits per heavy atom. The number of anilines is 1. The number of rotatable bonds is 13. The van der Waals surface area contributed by atoms with Crippen LogP contribution in [0.15, 0.2) is 72.5 Å². The molecule has 0 amide bonds. The van der Waals surface area contributed by atoms with Gasteiger partial charge in [0.15, 0.2) is 0 Å². The Labute approximate surface area is 274 Å². The van der Waals surface area contributed by atoms with Crippen molar-refractivity contribution in [2.75, 3.05) is 3.11 Å². The van der Waals surface area contributed by atoms with Crippen molar-refractivity contribution in [3.05, 3.63) is 104 Å². The summed E-state index contributed by atoms with van der Waals surface area (Å²) in [7, 11) is 0. The molecule has 0 fully saturated rings. The Bertz CT molecular complexity index is 1500. The molecule has 3 aromatic rings. The van der Waals surface area contributed by atoms with Crippen LogP contribution in [0.3, 0.4) is 0 Å². The van der Waals surface area contributed by atoms with Gasteiger partial charge in [0.2, 0.25) is 0 Å². The monoisotopic (exact) mass is 705 g/mol. The fraction of sp³-hybridized carbons (Fsp3) is 0.450. The minimum absolute atomic E-state index is 0.188. The first-order valence-electron chi connectivity index (χ1n) is 16.8. The second-order valence-corrected chi connectivity index (χ2v) is 17.1. The molecule has 0 aromatic heterocycles. The van der Waals surface area contributed by atoms with E-state index in [1.165, 1.54) is 85.9 Å². The fourth-order valence-corrected chi connectivity index (χ4v) is 12.2. The summed E-state index contributed by atoms with van der Waals surface area (Å²) in [5.41, 5.74) is 12.4. The number of hydrogen-bond acceptors (Lipinski definition) is 3. The van der Waals surface area contributed by atoms with E-state index in [9.17, 15) is 5.11 Å². The molecule has 3 nitrogen and oxygen atoms in total. The fourth-order valence-electron chi connectivity index (χ4n) is 6.52. The van der Waals surface area contributed by atoms with Gasteiger partial charge < -0.3 is 0 Å². The molecule has 2 aliphatic heterocycles. The first-order valence-corrected chi connectivity index (χ1v) is 19.7. The van der Waals surface area contributed by atoms with Crippen molar-refractivity contribution in [2.45, 2.75) is 112 Å². The van der Waals surface area contributed by atoms with E-state index in [2.05, 4.69) is 98.4 Å². The Morgan fingerprint density at radius 2 is 1.66 bits per heavy atom. The first-order chi connectivity index (χ1) is 21.2. The average molecular weight is 706 g/mol. The number of aliphatic hydroxyl groups is 1. The topological polar surface area (TPSA) is 32.7 Å². The normalized spacial score (nSPS) is 17.3. The van der Waals surface area contributed by atoms with E-state index in [-0.39, 0.29) is 6.04 Å². The van der Waals surface area contributed by atoms with Crippen LogP contribution in [0.1, 0.15) is 114 Å². The number of aryl methyl sites for hydroxylation is 3. The van der Waals surface area contributed by atoms with E-state index in [0.717, 1.165) is 25.0 Å². The molecule has 0 saturated heterocycles. The molecular weight excluding hydrogens is 653 g/mol.